The molecule has 5 N–H and O–H groups in total. The number of H-pyrrole nitrogens is 1. The minimum atomic E-state index is -2.11. The van der Waals surface area contributed by atoms with Gasteiger partial charge in [-0.25, -0.2) is 4.79 Å². The Labute approximate surface area is 401 Å². The summed E-state index contributed by atoms with van der Waals surface area (Å²) >= 11 is 0. The third-order valence-electron chi connectivity index (χ3n) is 14.1. The number of aliphatic hydroxyl groups is 2. The number of aromatic hydroxyl groups is 1. The highest BCUT2D eigenvalue weighted by Gasteiger charge is 2.45. The van der Waals surface area contributed by atoms with Gasteiger partial charge in [-0.05, 0) is 110 Å². The number of nitrogens with one attached hydrogen (secondary N) is 2. The number of rotatable bonds is 17. The molecule has 69 heavy (non-hydrogen) atoms. The maximum atomic E-state index is 14.0. The van der Waals surface area contributed by atoms with Crippen molar-refractivity contribution in [3.63, 3.8) is 0 Å². The maximum Gasteiger partial charge on any atom is 0.347 e. The number of phenolic OH excluding ortho intramolecular Hbond substituents is 1. The second-order valence-electron chi connectivity index (χ2n) is 18.6. The van der Waals surface area contributed by atoms with Crippen LogP contribution < -0.4 is 15.6 Å². The molecule has 5 aromatic carbocycles. The number of carbonyl (C=O) groups excluding carboxylic acids is 3. The van der Waals surface area contributed by atoms with Gasteiger partial charge in [0.1, 0.15) is 11.5 Å². The molecule has 0 unspecified atom stereocenters. The van der Waals surface area contributed by atoms with Crippen LogP contribution in [0.3, 0.4) is 0 Å². The van der Waals surface area contributed by atoms with Crippen LogP contribution in [0, 0.1) is 11.8 Å². The van der Waals surface area contributed by atoms with Crippen molar-refractivity contribution < 1.29 is 39.2 Å². The van der Waals surface area contributed by atoms with Crippen molar-refractivity contribution in [2.45, 2.75) is 50.0 Å². The first-order valence-corrected chi connectivity index (χ1v) is 23.9. The van der Waals surface area contributed by atoms with Gasteiger partial charge in [0, 0.05) is 61.2 Å². The second-order valence-corrected chi connectivity index (χ2v) is 18.6. The predicted octanol–water partition coefficient (Wildman–Crippen LogP) is 5.54. The molecule has 3 aliphatic heterocycles. The van der Waals surface area contributed by atoms with Crippen LogP contribution >= 0.6 is 0 Å². The van der Waals surface area contributed by atoms with Gasteiger partial charge in [0.25, 0.3) is 11.8 Å². The Balaban J connectivity index is 0.749. The normalized spacial score (nSPS) is 18.7. The summed E-state index contributed by atoms with van der Waals surface area (Å²) in [5.41, 5.74) is 1.94. The van der Waals surface area contributed by atoms with Crippen LogP contribution in [0.5, 0.6) is 11.5 Å². The minimum absolute atomic E-state index is 0.0608. The van der Waals surface area contributed by atoms with E-state index in [2.05, 4.69) is 27.3 Å². The number of hydrogen-bond donors (Lipinski definition) is 5. The fourth-order valence-electron chi connectivity index (χ4n) is 10.1. The monoisotopic (exact) mass is 933 g/mol. The van der Waals surface area contributed by atoms with Gasteiger partial charge in [-0.1, -0.05) is 91.0 Å². The summed E-state index contributed by atoms with van der Waals surface area (Å²) in [5, 5.41) is 37.2. The van der Waals surface area contributed by atoms with Crippen molar-refractivity contribution in [1.29, 1.82) is 0 Å². The van der Waals surface area contributed by atoms with Gasteiger partial charge in [0.05, 0.1) is 24.3 Å². The number of nitrogens with zero attached hydrogens (tertiary/aromatic N) is 3. The number of benzene rings is 5. The Morgan fingerprint density at radius 1 is 0.797 bits per heavy atom. The lowest BCUT2D eigenvalue weighted by atomic mass is 9.86. The van der Waals surface area contributed by atoms with Crippen LogP contribution in [0.2, 0.25) is 0 Å². The molecule has 2 amide bonds. The van der Waals surface area contributed by atoms with Crippen LogP contribution in [0.15, 0.2) is 138 Å². The van der Waals surface area contributed by atoms with Gasteiger partial charge in [0.15, 0.2) is 6.61 Å². The summed E-state index contributed by atoms with van der Waals surface area (Å²) < 4.78 is 11.9. The number of carbonyl (C=O) groups is 3. The number of aliphatic hydroxyl groups excluding tert-OH is 1. The molecule has 0 saturated carbocycles. The zero-order valence-corrected chi connectivity index (χ0v) is 38.5. The van der Waals surface area contributed by atoms with E-state index in [-0.39, 0.29) is 71.8 Å². The number of aromatic nitrogens is 1. The average molecular weight is 934 g/mol. The lowest BCUT2D eigenvalue weighted by molar-refractivity contribution is -0.164. The Bertz CT molecular complexity index is 2800. The number of ether oxygens (including phenoxy) is 2. The van der Waals surface area contributed by atoms with Crippen molar-refractivity contribution in [2.24, 2.45) is 11.8 Å². The first-order chi connectivity index (χ1) is 33.5. The second kappa shape index (κ2) is 21.2. The molecule has 3 fully saturated rings. The van der Waals surface area contributed by atoms with E-state index in [1.165, 1.54) is 17.7 Å². The van der Waals surface area contributed by atoms with E-state index in [9.17, 15) is 34.5 Å². The highest BCUT2D eigenvalue weighted by Crippen LogP contribution is 2.36. The van der Waals surface area contributed by atoms with Crippen LogP contribution in [0.4, 0.5) is 0 Å². The Kier molecular flexibility index (Phi) is 14.5. The van der Waals surface area contributed by atoms with E-state index in [1.54, 1.807) is 65.6 Å². The van der Waals surface area contributed by atoms with Crippen LogP contribution in [0.25, 0.3) is 10.9 Å². The number of amides is 2. The summed E-state index contributed by atoms with van der Waals surface area (Å²) in [4.78, 5) is 61.8. The van der Waals surface area contributed by atoms with Crippen molar-refractivity contribution in [1.82, 2.24) is 25.0 Å². The largest absolute Gasteiger partial charge is 0.506 e. The summed E-state index contributed by atoms with van der Waals surface area (Å²) in [7, 11) is 0. The van der Waals surface area contributed by atoms with Crippen LogP contribution in [0.1, 0.15) is 63.5 Å². The molecule has 0 bridgehead atoms. The minimum Gasteiger partial charge on any atom is -0.506 e. The molecule has 358 valence electrons. The Morgan fingerprint density at radius 3 is 2.30 bits per heavy atom. The van der Waals surface area contributed by atoms with Gasteiger partial charge in [0.2, 0.25) is 11.2 Å². The molecule has 4 heterocycles. The molecule has 1 aromatic heterocycles. The number of pyridine rings is 1. The van der Waals surface area contributed by atoms with Crippen molar-refractivity contribution >= 4 is 28.7 Å². The molecule has 14 heteroatoms. The number of aromatic amines is 1. The molecule has 9 rings (SSSR count). The maximum absolute atomic E-state index is 14.0. The SMILES string of the molecule is O=C(COc1cccc([C@](O)(C(=O)OCC2CCN(Cc3ccccc3)CC2)c2ccccc2)c1)N1C[C@@H]2CCN(C(=O)c3ccc(CCNC[C@H](O)c4ccc(O)c5[nH]c(=O)ccc45)cc3)[C@@H]2C1. The molecule has 0 spiro atoms. The lowest BCUT2D eigenvalue weighted by Gasteiger charge is -2.33. The number of fused-ring (bicyclic) bond motifs is 2. The van der Waals surface area contributed by atoms with Crippen molar-refractivity contribution in [3.05, 3.63) is 177 Å². The smallest absolute Gasteiger partial charge is 0.347 e. The van der Waals surface area contributed by atoms with E-state index in [0.29, 0.717) is 60.4 Å². The van der Waals surface area contributed by atoms with Gasteiger partial charge in [-0.3, -0.25) is 19.3 Å². The third-order valence-corrected chi connectivity index (χ3v) is 14.1. The molecule has 0 radical (unpaired) electrons. The van der Waals surface area contributed by atoms with Gasteiger partial charge < -0.3 is 44.9 Å². The van der Waals surface area contributed by atoms with E-state index >= 15 is 0 Å². The summed E-state index contributed by atoms with van der Waals surface area (Å²) in [6.07, 6.45) is 2.36. The topological polar surface area (TPSA) is 185 Å². The molecule has 0 aliphatic carbocycles. The third kappa shape index (κ3) is 10.7. The fraction of sp³-hybridized carbons (Fsp3) is 0.345. The molecular formula is C55H59N5O9. The molecular weight excluding hydrogens is 875 g/mol. The van der Waals surface area contributed by atoms with E-state index in [0.717, 1.165) is 44.5 Å². The number of phenols is 1. The molecule has 6 aromatic rings. The number of hydrogen-bond acceptors (Lipinski definition) is 11. The molecule has 3 aliphatic rings. The summed E-state index contributed by atoms with van der Waals surface area (Å²) in [6.45, 7) is 5.00. The van der Waals surface area contributed by atoms with E-state index < -0.39 is 17.7 Å². The number of esters is 1. The average Bonchev–Trinajstić information content (AvgIpc) is 3.99. The summed E-state index contributed by atoms with van der Waals surface area (Å²) in [5.74, 6) is -0.467. The Hall–Kier alpha value is -6.84. The van der Waals surface area contributed by atoms with Gasteiger partial charge in [-0.15, -0.1) is 0 Å². The summed E-state index contributed by atoms with van der Waals surface area (Å²) in [6, 6.07) is 39.2. The van der Waals surface area contributed by atoms with Crippen molar-refractivity contribution in [3.8, 4) is 11.5 Å². The Morgan fingerprint density at radius 2 is 1.54 bits per heavy atom. The van der Waals surface area contributed by atoms with Gasteiger partial charge >= 0.3 is 5.97 Å². The number of piperidine rings is 1. The molecule has 3 saturated heterocycles. The quantitative estimate of drug-likeness (QED) is 0.0572. The van der Waals surface area contributed by atoms with Crippen molar-refractivity contribution in [2.75, 3.05) is 59.0 Å². The highest BCUT2D eigenvalue weighted by molar-refractivity contribution is 5.95. The zero-order valence-electron chi connectivity index (χ0n) is 38.5. The standard InChI is InChI=1S/C55H59N5O9/c61-48-20-18-45(46-19-21-50(63)57-52(46)48)49(62)31-56-26-22-37-14-16-40(17-15-37)53(65)60-29-25-41-33-59(34-47(41)60)51(64)36-68-44-13-7-12-43(30-44)55(67,42-10-5-2-6-11-42)54(66)69-35-39-23-27-58(28-24-39)32-38-8-3-1-4-9-38/h1-21,30,39,41,47,49,56,61-62,67H,22-29,31-36H2,(H,57,63)/t41-,47+,49-,55-/m0/s1. The fourth-order valence-corrected chi connectivity index (χ4v) is 10.1. The first kappa shape index (κ1) is 47.2. The zero-order chi connectivity index (χ0) is 47.9. The lowest BCUT2D eigenvalue weighted by Crippen LogP contribution is -2.41. The van der Waals surface area contributed by atoms with Gasteiger partial charge in [-0.2, -0.15) is 0 Å². The first-order valence-electron chi connectivity index (χ1n) is 23.9. The number of likely N-dealkylation sites (tertiary alicyclic amines) is 3. The van der Waals surface area contributed by atoms with Crippen LogP contribution in [-0.2, 0) is 32.9 Å². The predicted molar refractivity (Wildman–Crippen MR) is 261 cm³/mol. The van der Waals surface area contributed by atoms with E-state index in [4.69, 9.17) is 9.47 Å². The van der Waals surface area contributed by atoms with E-state index in [1.807, 2.05) is 53.4 Å². The highest BCUT2D eigenvalue weighted by atomic mass is 16.6. The molecule has 4 atom stereocenters. The molecule has 14 nitrogen and oxygen atoms in total. The van der Waals surface area contributed by atoms with Crippen LogP contribution in [-0.4, -0.2) is 118 Å².